The lowest BCUT2D eigenvalue weighted by atomic mass is 10.1. The van der Waals surface area contributed by atoms with E-state index in [4.69, 9.17) is 0 Å². The molecule has 1 rings (SSSR count). The van der Waals surface area contributed by atoms with E-state index in [2.05, 4.69) is 23.8 Å². The van der Waals surface area contributed by atoms with Gasteiger partial charge in [-0.25, -0.2) is 4.79 Å². The largest absolute Gasteiger partial charge is 0.511 e. The van der Waals surface area contributed by atoms with Crippen LogP contribution in [0.15, 0.2) is 23.5 Å². The highest BCUT2D eigenvalue weighted by Gasteiger charge is 2.31. The van der Waals surface area contributed by atoms with Gasteiger partial charge in [0.15, 0.2) is 6.61 Å². The number of Topliss-reactive ketones (excluding diaryl/α,β-unsaturated/α-hetero) is 1. The molecular formula is C18H28O4. The lowest BCUT2D eigenvalue weighted by Crippen LogP contribution is -2.05. The van der Waals surface area contributed by atoms with Crippen LogP contribution in [0.25, 0.3) is 0 Å². The van der Waals surface area contributed by atoms with Crippen LogP contribution in [0.4, 0.5) is 0 Å². The number of ketones is 1. The molecule has 0 aromatic heterocycles. The number of esters is 1. The van der Waals surface area contributed by atoms with Crippen molar-refractivity contribution in [2.24, 2.45) is 0 Å². The maximum atomic E-state index is 11.4. The van der Waals surface area contributed by atoms with Gasteiger partial charge in [0.1, 0.15) is 11.3 Å². The molecule has 1 fully saturated rings. The molecule has 0 radical (unpaired) electrons. The first-order valence-corrected chi connectivity index (χ1v) is 8.44. The normalized spacial score (nSPS) is 17.3. The number of cyclic esters (lactones) is 1. The number of aliphatic hydroxyl groups excluding tert-OH is 1. The van der Waals surface area contributed by atoms with Crippen LogP contribution in [0.5, 0.6) is 0 Å². The van der Waals surface area contributed by atoms with E-state index in [1.54, 1.807) is 0 Å². The SMILES string of the molecule is CCCC/C=C\CCCCCCCC(O)=C1C(=O)COC1=O. The van der Waals surface area contributed by atoms with Gasteiger partial charge in [-0.15, -0.1) is 0 Å². The van der Waals surface area contributed by atoms with E-state index in [9.17, 15) is 14.7 Å². The van der Waals surface area contributed by atoms with Crippen molar-refractivity contribution < 1.29 is 19.4 Å². The minimum Gasteiger partial charge on any atom is -0.511 e. The predicted octanol–water partition coefficient (Wildman–Crippen LogP) is 4.40. The molecule has 0 spiro atoms. The molecule has 4 nitrogen and oxygen atoms in total. The lowest BCUT2D eigenvalue weighted by Gasteiger charge is -2.02. The van der Waals surface area contributed by atoms with Crippen LogP contribution in [-0.4, -0.2) is 23.5 Å². The summed E-state index contributed by atoms with van der Waals surface area (Å²) in [6.07, 6.45) is 15.0. The molecule has 0 amide bonds. The van der Waals surface area contributed by atoms with Crippen LogP contribution in [0, 0.1) is 0 Å². The molecule has 1 saturated heterocycles. The molecule has 1 heterocycles. The van der Waals surface area contributed by atoms with E-state index in [0.29, 0.717) is 6.42 Å². The number of rotatable bonds is 11. The zero-order chi connectivity index (χ0) is 16.2. The van der Waals surface area contributed by atoms with Gasteiger partial charge in [0.25, 0.3) is 0 Å². The second-order valence-electron chi connectivity index (χ2n) is 5.74. The van der Waals surface area contributed by atoms with Gasteiger partial charge < -0.3 is 9.84 Å². The molecule has 0 unspecified atom stereocenters. The average Bonchev–Trinajstić information content (AvgIpc) is 2.83. The topological polar surface area (TPSA) is 63.6 Å². The molecule has 4 heteroatoms. The number of hydrogen-bond donors (Lipinski definition) is 1. The van der Waals surface area contributed by atoms with Gasteiger partial charge in [0.2, 0.25) is 5.78 Å². The Morgan fingerprint density at radius 1 is 1.05 bits per heavy atom. The van der Waals surface area contributed by atoms with Crippen LogP contribution in [-0.2, 0) is 14.3 Å². The molecule has 1 aliphatic heterocycles. The number of carbonyl (C=O) groups excluding carboxylic acids is 2. The maximum Gasteiger partial charge on any atom is 0.345 e. The van der Waals surface area contributed by atoms with E-state index < -0.39 is 11.8 Å². The quantitative estimate of drug-likeness (QED) is 0.153. The molecule has 124 valence electrons. The van der Waals surface area contributed by atoms with E-state index in [0.717, 1.165) is 25.7 Å². The first-order valence-electron chi connectivity index (χ1n) is 8.44. The highest BCUT2D eigenvalue weighted by Crippen LogP contribution is 2.18. The number of aliphatic hydroxyl groups is 1. The van der Waals surface area contributed by atoms with Crippen molar-refractivity contribution in [1.29, 1.82) is 0 Å². The van der Waals surface area contributed by atoms with Crippen molar-refractivity contribution >= 4 is 11.8 Å². The van der Waals surface area contributed by atoms with Gasteiger partial charge >= 0.3 is 5.97 Å². The Bertz CT molecular complexity index is 403. The van der Waals surface area contributed by atoms with E-state index in [1.165, 1.54) is 32.1 Å². The van der Waals surface area contributed by atoms with E-state index in [-0.39, 0.29) is 17.9 Å². The fourth-order valence-corrected chi connectivity index (χ4v) is 2.44. The third kappa shape index (κ3) is 6.92. The third-order valence-corrected chi connectivity index (χ3v) is 3.78. The van der Waals surface area contributed by atoms with Gasteiger partial charge in [0, 0.05) is 6.42 Å². The summed E-state index contributed by atoms with van der Waals surface area (Å²) >= 11 is 0. The number of unbranched alkanes of at least 4 members (excludes halogenated alkanes) is 7. The van der Waals surface area contributed by atoms with Gasteiger partial charge in [-0.1, -0.05) is 51.2 Å². The third-order valence-electron chi connectivity index (χ3n) is 3.78. The molecule has 1 aliphatic rings. The van der Waals surface area contributed by atoms with Gasteiger partial charge in [-0.3, -0.25) is 4.79 Å². The van der Waals surface area contributed by atoms with Crippen molar-refractivity contribution in [3.05, 3.63) is 23.5 Å². The molecule has 0 atom stereocenters. The van der Waals surface area contributed by atoms with E-state index >= 15 is 0 Å². The van der Waals surface area contributed by atoms with Crippen LogP contribution < -0.4 is 0 Å². The Labute approximate surface area is 133 Å². The maximum absolute atomic E-state index is 11.4. The second kappa shape index (κ2) is 11.0. The summed E-state index contributed by atoms with van der Waals surface area (Å²) in [6, 6.07) is 0. The van der Waals surface area contributed by atoms with Crippen molar-refractivity contribution in [3.63, 3.8) is 0 Å². The minimum atomic E-state index is -0.683. The molecular weight excluding hydrogens is 280 g/mol. The molecule has 22 heavy (non-hydrogen) atoms. The Morgan fingerprint density at radius 3 is 2.32 bits per heavy atom. The van der Waals surface area contributed by atoms with Crippen LogP contribution in [0.2, 0.25) is 0 Å². The highest BCUT2D eigenvalue weighted by atomic mass is 16.5. The summed E-state index contributed by atoms with van der Waals surface area (Å²) in [5, 5.41) is 9.78. The summed E-state index contributed by atoms with van der Waals surface area (Å²) in [7, 11) is 0. The lowest BCUT2D eigenvalue weighted by molar-refractivity contribution is -0.135. The Balaban J connectivity index is 2.04. The van der Waals surface area contributed by atoms with Crippen LogP contribution in [0.1, 0.15) is 71.1 Å². The highest BCUT2D eigenvalue weighted by molar-refractivity contribution is 6.22. The summed E-state index contributed by atoms with van der Waals surface area (Å²) < 4.78 is 4.59. The van der Waals surface area contributed by atoms with Gasteiger partial charge in [-0.05, 0) is 25.7 Å². The monoisotopic (exact) mass is 308 g/mol. The van der Waals surface area contributed by atoms with Crippen molar-refractivity contribution in [1.82, 2.24) is 0 Å². The zero-order valence-corrected chi connectivity index (χ0v) is 13.6. The Morgan fingerprint density at radius 2 is 1.68 bits per heavy atom. The minimum absolute atomic E-state index is 0.105. The Hall–Kier alpha value is -1.58. The smallest absolute Gasteiger partial charge is 0.345 e. The number of hydrogen-bond acceptors (Lipinski definition) is 4. The van der Waals surface area contributed by atoms with Crippen molar-refractivity contribution in [2.45, 2.75) is 71.1 Å². The van der Waals surface area contributed by atoms with Crippen LogP contribution in [0.3, 0.4) is 0 Å². The fraction of sp³-hybridized carbons (Fsp3) is 0.667. The molecule has 0 saturated carbocycles. The summed E-state index contributed by atoms with van der Waals surface area (Å²) in [5.41, 5.74) is -0.141. The van der Waals surface area contributed by atoms with Crippen molar-refractivity contribution in [3.8, 4) is 0 Å². The molecule has 0 bridgehead atoms. The first-order chi connectivity index (χ1) is 10.7. The van der Waals surface area contributed by atoms with Crippen molar-refractivity contribution in [2.75, 3.05) is 6.61 Å². The predicted molar refractivity (Wildman–Crippen MR) is 86.6 cm³/mol. The molecule has 0 aromatic carbocycles. The first kappa shape index (κ1) is 18.5. The molecule has 1 N–H and O–H groups in total. The Kier molecular flexibility index (Phi) is 9.28. The number of ether oxygens (including phenoxy) is 1. The standard InChI is InChI=1S/C18H28O4/c1-2-3-4-5-6-7-8-9-10-11-12-13-15(19)17-16(20)14-22-18(17)21/h5-6,19H,2-4,7-14H2,1H3/b6-5-,17-15?. The zero-order valence-electron chi connectivity index (χ0n) is 13.6. The number of allylic oxidation sites excluding steroid dienone is 3. The fourth-order valence-electron chi connectivity index (χ4n) is 2.44. The van der Waals surface area contributed by atoms with Crippen LogP contribution >= 0.6 is 0 Å². The summed E-state index contributed by atoms with van der Waals surface area (Å²) in [5.74, 6) is -1.19. The summed E-state index contributed by atoms with van der Waals surface area (Å²) in [4.78, 5) is 22.6. The number of carbonyl (C=O) groups is 2. The van der Waals surface area contributed by atoms with Gasteiger partial charge in [0.05, 0.1) is 0 Å². The van der Waals surface area contributed by atoms with E-state index in [1.807, 2.05) is 0 Å². The molecule has 0 aromatic rings. The van der Waals surface area contributed by atoms with Gasteiger partial charge in [-0.2, -0.15) is 0 Å². The average molecular weight is 308 g/mol. The summed E-state index contributed by atoms with van der Waals surface area (Å²) in [6.45, 7) is 1.97. The second-order valence-corrected chi connectivity index (χ2v) is 5.74. The molecule has 0 aliphatic carbocycles.